The molecule has 0 fully saturated rings. The number of nitrogens with zero attached hydrogens (tertiary/aromatic N) is 4. The minimum absolute atomic E-state index is 0.0187. The molecule has 0 aliphatic rings. The van der Waals surface area contributed by atoms with E-state index in [0.29, 0.717) is 16.5 Å². The average Bonchev–Trinajstić information content (AvgIpc) is 3.14. The van der Waals surface area contributed by atoms with Gasteiger partial charge in [-0.15, -0.1) is 10.2 Å². The van der Waals surface area contributed by atoms with Crippen LogP contribution >= 0.6 is 23.4 Å². The second kappa shape index (κ2) is 10.5. The number of halogens is 1. The number of benzene rings is 2. The van der Waals surface area contributed by atoms with Crippen LogP contribution in [0.4, 0.5) is 11.4 Å². The number of nitrogens with one attached hydrogen (secondary N) is 2. The highest BCUT2D eigenvalue weighted by Crippen LogP contribution is 2.27. The van der Waals surface area contributed by atoms with Crippen molar-refractivity contribution in [2.24, 2.45) is 7.05 Å². The van der Waals surface area contributed by atoms with Gasteiger partial charge in [-0.1, -0.05) is 41.1 Å². The van der Waals surface area contributed by atoms with Gasteiger partial charge in [0.05, 0.1) is 27.4 Å². The lowest BCUT2D eigenvalue weighted by molar-refractivity contribution is -0.384. The summed E-state index contributed by atoms with van der Waals surface area (Å²) in [5.74, 6) is -0.129. The van der Waals surface area contributed by atoms with Gasteiger partial charge in [0.25, 0.3) is 11.6 Å². The molecule has 0 aliphatic carbocycles. The van der Waals surface area contributed by atoms with E-state index >= 15 is 0 Å². The third-order valence-corrected chi connectivity index (χ3v) is 6.03. The third kappa shape index (κ3) is 6.08. The minimum Gasteiger partial charge on any atom is -0.342 e. The molecule has 2 amide bonds. The van der Waals surface area contributed by atoms with Crippen molar-refractivity contribution in [2.45, 2.75) is 25.0 Å². The molecule has 0 spiro atoms. The van der Waals surface area contributed by atoms with Gasteiger partial charge in [0.15, 0.2) is 11.0 Å². The highest BCUT2D eigenvalue weighted by atomic mass is 35.5. The molecule has 1 heterocycles. The number of hydrogen-bond donors (Lipinski definition) is 2. The molecule has 2 aromatic carbocycles. The summed E-state index contributed by atoms with van der Waals surface area (Å²) in [6.07, 6.45) is 0. The molecular formula is C21H21ClN6O4S. The van der Waals surface area contributed by atoms with Crippen LogP contribution < -0.4 is 10.6 Å². The molecule has 12 heteroatoms. The Morgan fingerprint density at radius 3 is 2.58 bits per heavy atom. The molecule has 1 atom stereocenters. The van der Waals surface area contributed by atoms with Crippen molar-refractivity contribution in [3.8, 4) is 0 Å². The van der Waals surface area contributed by atoms with Crippen molar-refractivity contribution in [3.05, 3.63) is 74.6 Å². The average molecular weight is 489 g/mol. The van der Waals surface area contributed by atoms with Gasteiger partial charge in [0.1, 0.15) is 0 Å². The standard InChI is InChI=1S/C21H21ClN6O4S/c1-12-4-6-14(7-5-12)20(30)23-13(2)19-25-26-21(27(19)3)33-11-18(29)24-17-10-15(28(31)32)8-9-16(17)22/h4-10,13H,11H2,1-3H3,(H,23,30)(H,24,29). The zero-order chi connectivity index (χ0) is 24.1. The number of aryl methyl sites for hydroxylation is 1. The van der Waals surface area contributed by atoms with E-state index in [9.17, 15) is 19.7 Å². The van der Waals surface area contributed by atoms with Crippen LogP contribution in [-0.2, 0) is 11.8 Å². The van der Waals surface area contributed by atoms with Crippen LogP contribution in [0.3, 0.4) is 0 Å². The maximum atomic E-state index is 12.5. The SMILES string of the molecule is Cc1ccc(C(=O)NC(C)c2nnc(SCC(=O)Nc3cc([N+](=O)[O-])ccc3Cl)n2C)cc1. The van der Waals surface area contributed by atoms with Gasteiger partial charge >= 0.3 is 0 Å². The molecule has 1 unspecified atom stereocenters. The number of carbonyl (C=O) groups is 2. The van der Waals surface area contributed by atoms with E-state index in [-0.39, 0.29) is 28.1 Å². The zero-order valence-corrected chi connectivity index (χ0v) is 19.6. The topological polar surface area (TPSA) is 132 Å². The van der Waals surface area contributed by atoms with Crippen molar-refractivity contribution >= 4 is 46.6 Å². The number of amides is 2. The van der Waals surface area contributed by atoms with E-state index in [2.05, 4.69) is 20.8 Å². The van der Waals surface area contributed by atoms with E-state index in [1.165, 1.54) is 18.2 Å². The summed E-state index contributed by atoms with van der Waals surface area (Å²) in [5, 5.41) is 25.3. The fourth-order valence-electron chi connectivity index (χ4n) is 2.92. The monoisotopic (exact) mass is 488 g/mol. The summed E-state index contributed by atoms with van der Waals surface area (Å²) in [4.78, 5) is 35.1. The summed E-state index contributed by atoms with van der Waals surface area (Å²) in [6.45, 7) is 3.74. The van der Waals surface area contributed by atoms with Crippen LogP contribution in [0.25, 0.3) is 0 Å². The largest absolute Gasteiger partial charge is 0.342 e. The Morgan fingerprint density at radius 1 is 1.21 bits per heavy atom. The highest BCUT2D eigenvalue weighted by molar-refractivity contribution is 7.99. The van der Waals surface area contributed by atoms with E-state index in [1.807, 2.05) is 19.1 Å². The molecule has 10 nitrogen and oxygen atoms in total. The predicted octanol–water partition coefficient (Wildman–Crippen LogP) is 3.91. The molecular weight excluding hydrogens is 468 g/mol. The summed E-state index contributed by atoms with van der Waals surface area (Å²) < 4.78 is 1.69. The zero-order valence-electron chi connectivity index (χ0n) is 18.0. The first-order valence-corrected chi connectivity index (χ1v) is 11.2. The number of aromatic nitrogens is 3. The molecule has 172 valence electrons. The van der Waals surface area contributed by atoms with Gasteiger partial charge in [-0.2, -0.15) is 0 Å². The second-order valence-corrected chi connectivity index (χ2v) is 8.57. The second-order valence-electron chi connectivity index (χ2n) is 7.22. The molecule has 0 saturated carbocycles. The Bertz CT molecular complexity index is 1200. The van der Waals surface area contributed by atoms with Crippen molar-refractivity contribution in [2.75, 3.05) is 11.1 Å². The lowest BCUT2D eigenvalue weighted by Gasteiger charge is -2.14. The molecule has 0 bridgehead atoms. The fourth-order valence-corrected chi connectivity index (χ4v) is 3.80. The molecule has 1 aromatic heterocycles. The van der Waals surface area contributed by atoms with Gasteiger partial charge in [-0.3, -0.25) is 19.7 Å². The first-order chi connectivity index (χ1) is 15.7. The highest BCUT2D eigenvalue weighted by Gasteiger charge is 2.19. The molecule has 33 heavy (non-hydrogen) atoms. The van der Waals surface area contributed by atoms with Gasteiger partial charge in [0.2, 0.25) is 5.91 Å². The van der Waals surface area contributed by atoms with Gasteiger partial charge in [0, 0.05) is 24.7 Å². The maximum absolute atomic E-state index is 12.5. The third-order valence-electron chi connectivity index (χ3n) is 4.68. The van der Waals surface area contributed by atoms with Crippen LogP contribution in [-0.4, -0.2) is 37.3 Å². The van der Waals surface area contributed by atoms with E-state index in [0.717, 1.165) is 17.3 Å². The minimum atomic E-state index is -0.569. The molecule has 3 rings (SSSR count). The van der Waals surface area contributed by atoms with Crippen LogP contribution in [0.2, 0.25) is 5.02 Å². The molecule has 2 N–H and O–H groups in total. The molecule has 3 aromatic rings. The summed E-state index contributed by atoms with van der Waals surface area (Å²) >= 11 is 7.15. The number of carbonyl (C=O) groups excluding carboxylic acids is 2. The van der Waals surface area contributed by atoms with Crippen LogP contribution in [0.1, 0.15) is 34.7 Å². The number of nitro groups is 1. The van der Waals surface area contributed by atoms with Crippen molar-refractivity contribution in [1.29, 1.82) is 0 Å². The fraction of sp³-hybridized carbons (Fsp3) is 0.238. The lowest BCUT2D eigenvalue weighted by atomic mass is 10.1. The number of anilines is 1. The molecule has 0 saturated heterocycles. The first kappa shape index (κ1) is 24.2. The van der Waals surface area contributed by atoms with Gasteiger partial charge < -0.3 is 15.2 Å². The van der Waals surface area contributed by atoms with Gasteiger partial charge in [-0.25, -0.2) is 0 Å². The molecule has 0 aliphatic heterocycles. The Kier molecular flexibility index (Phi) is 7.67. The Labute approximate surface area is 198 Å². The summed E-state index contributed by atoms with van der Waals surface area (Å²) in [6, 6.07) is 10.6. The number of nitro benzene ring substituents is 1. The number of non-ortho nitro benzene ring substituents is 1. The normalized spacial score (nSPS) is 11.6. The maximum Gasteiger partial charge on any atom is 0.271 e. The quantitative estimate of drug-likeness (QED) is 0.279. The predicted molar refractivity (Wildman–Crippen MR) is 126 cm³/mol. The van der Waals surface area contributed by atoms with Crippen LogP contribution in [0, 0.1) is 17.0 Å². The van der Waals surface area contributed by atoms with E-state index in [4.69, 9.17) is 11.6 Å². The van der Waals surface area contributed by atoms with Crippen LogP contribution in [0.5, 0.6) is 0 Å². The van der Waals surface area contributed by atoms with E-state index in [1.54, 1.807) is 30.7 Å². The van der Waals surface area contributed by atoms with Crippen LogP contribution in [0.15, 0.2) is 47.6 Å². The lowest BCUT2D eigenvalue weighted by Crippen LogP contribution is -2.28. The summed E-state index contributed by atoms with van der Waals surface area (Å²) in [5.41, 5.74) is 1.58. The smallest absolute Gasteiger partial charge is 0.271 e. The van der Waals surface area contributed by atoms with Crippen molar-refractivity contribution < 1.29 is 14.5 Å². The molecule has 0 radical (unpaired) electrons. The van der Waals surface area contributed by atoms with Crippen molar-refractivity contribution in [1.82, 2.24) is 20.1 Å². The Balaban J connectivity index is 1.60. The Hall–Kier alpha value is -3.44. The number of rotatable bonds is 8. The van der Waals surface area contributed by atoms with E-state index < -0.39 is 16.9 Å². The first-order valence-electron chi connectivity index (χ1n) is 9.79. The Morgan fingerprint density at radius 2 is 1.91 bits per heavy atom. The van der Waals surface area contributed by atoms with Crippen molar-refractivity contribution in [3.63, 3.8) is 0 Å². The summed E-state index contributed by atoms with van der Waals surface area (Å²) in [7, 11) is 1.74. The number of thioether (sulfide) groups is 1. The van der Waals surface area contributed by atoms with Gasteiger partial charge in [-0.05, 0) is 32.0 Å². The number of hydrogen-bond acceptors (Lipinski definition) is 7.